The highest BCUT2D eigenvalue weighted by molar-refractivity contribution is 5.98. The quantitative estimate of drug-likeness (QED) is 0.359. The van der Waals surface area contributed by atoms with Gasteiger partial charge >= 0.3 is 11.9 Å². The summed E-state index contributed by atoms with van der Waals surface area (Å²) in [4.78, 5) is 52.2. The van der Waals surface area contributed by atoms with E-state index in [2.05, 4.69) is 19.8 Å². The summed E-state index contributed by atoms with van der Waals surface area (Å²) in [6.07, 6.45) is 1.61. The van der Waals surface area contributed by atoms with Crippen LogP contribution in [0.15, 0.2) is 42.6 Å². The average molecular weight is 430 g/mol. The van der Waals surface area contributed by atoms with Crippen LogP contribution in [-0.2, 0) is 19.1 Å². The van der Waals surface area contributed by atoms with Crippen LogP contribution in [0.2, 0.25) is 0 Å². The molecule has 1 aromatic carbocycles. The smallest absolute Gasteiger partial charge is 0.325 e. The number of nitro groups is 1. The molecule has 0 aliphatic carbocycles. The molecule has 1 heterocycles. The Morgan fingerprint density at radius 2 is 1.77 bits per heavy atom. The van der Waals surface area contributed by atoms with Crippen LogP contribution in [0.5, 0.6) is 0 Å². The maximum Gasteiger partial charge on any atom is 0.325 e. The molecule has 1 unspecified atom stereocenters. The maximum atomic E-state index is 12.8. The molecule has 31 heavy (non-hydrogen) atoms. The summed E-state index contributed by atoms with van der Waals surface area (Å²) in [5.41, 5.74) is 0.451. The third-order valence-corrected chi connectivity index (χ3v) is 4.33. The van der Waals surface area contributed by atoms with Crippen molar-refractivity contribution >= 4 is 29.2 Å². The number of nitro benzene ring substituents is 1. The molecule has 0 fully saturated rings. The number of carbonyl (C=O) groups excluding carboxylic acids is 3. The van der Waals surface area contributed by atoms with E-state index in [1.807, 2.05) is 0 Å². The summed E-state index contributed by atoms with van der Waals surface area (Å²) >= 11 is 0. The molecule has 0 aliphatic heterocycles. The van der Waals surface area contributed by atoms with Gasteiger partial charge in [0.15, 0.2) is 0 Å². The standard InChI is InChI=1S/C20H22N4O7/c1-13(15-6-4-5-9-21-15)22-16-8-7-14(10-17(16)24(28)29)20(27)23(11-18(25)30-2)12-19(26)31-3/h4-10,13,22H,11-12H2,1-3H3. The van der Waals surface area contributed by atoms with E-state index in [9.17, 15) is 24.5 Å². The summed E-state index contributed by atoms with van der Waals surface area (Å²) in [7, 11) is 2.27. The number of ether oxygens (including phenoxy) is 2. The van der Waals surface area contributed by atoms with E-state index in [1.165, 1.54) is 12.1 Å². The molecule has 0 saturated carbocycles. The van der Waals surface area contributed by atoms with Gasteiger partial charge in [-0.15, -0.1) is 0 Å². The minimum absolute atomic E-state index is 0.0736. The van der Waals surface area contributed by atoms with E-state index in [1.54, 1.807) is 31.3 Å². The van der Waals surface area contributed by atoms with Gasteiger partial charge in [-0.05, 0) is 31.2 Å². The molecule has 1 amide bonds. The molecule has 0 bridgehead atoms. The number of nitrogens with one attached hydrogen (secondary N) is 1. The SMILES string of the molecule is COC(=O)CN(CC(=O)OC)C(=O)c1ccc(NC(C)c2ccccn2)c([N+](=O)[O-])c1. The van der Waals surface area contributed by atoms with Crippen LogP contribution in [0.25, 0.3) is 0 Å². The average Bonchev–Trinajstić information content (AvgIpc) is 2.78. The number of methoxy groups -OCH3 is 2. The van der Waals surface area contributed by atoms with Gasteiger partial charge in [0.05, 0.1) is 30.9 Å². The molecule has 1 aromatic heterocycles. The van der Waals surface area contributed by atoms with Gasteiger partial charge in [-0.2, -0.15) is 0 Å². The number of hydrogen-bond acceptors (Lipinski definition) is 9. The molecule has 0 radical (unpaired) electrons. The zero-order valence-electron chi connectivity index (χ0n) is 17.2. The van der Waals surface area contributed by atoms with Crippen molar-refractivity contribution in [2.75, 3.05) is 32.6 Å². The summed E-state index contributed by atoms with van der Waals surface area (Å²) in [5.74, 6) is -2.27. The van der Waals surface area contributed by atoms with Gasteiger partial charge in [0.2, 0.25) is 0 Å². The first-order chi connectivity index (χ1) is 14.8. The molecule has 1 N–H and O–H groups in total. The lowest BCUT2D eigenvalue weighted by atomic mass is 10.1. The number of hydrogen-bond donors (Lipinski definition) is 1. The van der Waals surface area contributed by atoms with E-state index in [0.29, 0.717) is 5.69 Å². The van der Waals surface area contributed by atoms with Crippen LogP contribution in [0.1, 0.15) is 29.0 Å². The molecular weight excluding hydrogens is 408 g/mol. The van der Waals surface area contributed by atoms with Crippen LogP contribution < -0.4 is 5.32 Å². The number of nitrogens with zero attached hydrogens (tertiary/aromatic N) is 3. The number of amides is 1. The predicted octanol–water partition coefficient (Wildman–Crippen LogP) is 1.95. The van der Waals surface area contributed by atoms with Gasteiger partial charge in [0.25, 0.3) is 11.6 Å². The van der Waals surface area contributed by atoms with Crippen molar-refractivity contribution in [1.29, 1.82) is 0 Å². The molecule has 2 rings (SSSR count). The van der Waals surface area contributed by atoms with Gasteiger partial charge in [-0.1, -0.05) is 6.07 Å². The third-order valence-electron chi connectivity index (χ3n) is 4.33. The number of pyridine rings is 1. The third kappa shape index (κ3) is 6.23. The Hall–Kier alpha value is -4.02. The van der Waals surface area contributed by atoms with Crippen LogP contribution in [-0.4, -0.2) is 60.0 Å². The highest BCUT2D eigenvalue weighted by atomic mass is 16.6. The maximum absolute atomic E-state index is 12.8. The summed E-state index contributed by atoms with van der Waals surface area (Å²) in [6, 6.07) is 8.83. The van der Waals surface area contributed by atoms with Crippen molar-refractivity contribution in [2.45, 2.75) is 13.0 Å². The Balaban J connectivity index is 2.32. The van der Waals surface area contributed by atoms with Crippen molar-refractivity contribution in [2.24, 2.45) is 0 Å². The number of carbonyl (C=O) groups is 3. The summed E-state index contributed by atoms with van der Waals surface area (Å²) in [6.45, 7) is 0.753. The van der Waals surface area contributed by atoms with Gasteiger partial charge < -0.3 is 19.7 Å². The fraction of sp³-hybridized carbons (Fsp3) is 0.300. The van der Waals surface area contributed by atoms with Crippen LogP contribution >= 0.6 is 0 Å². The molecule has 0 spiro atoms. The highest BCUT2D eigenvalue weighted by Gasteiger charge is 2.25. The monoisotopic (exact) mass is 430 g/mol. The van der Waals surface area contributed by atoms with Crippen LogP contribution in [0.3, 0.4) is 0 Å². The minimum Gasteiger partial charge on any atom is -0.468 e. The van der Waals surface area contributed by atoms with E-state index < -0.39 is 35.9 Å². The normalized spacial score (nSPS) is 11.2. The lowest BCUT2D eigenvalue weighted by molar-refractivity contribution is -0.384. The van der Waals surface area contributed by atoms with E-state index >= 15 is 0 Å². The molecule has 11 heteroatoms. The van der Waals surface area contributed by atoms with Crippen molar-refractivity contribution in [3.05, 3.63) is 64.0 Å². The molecule has 2 aromatic rings. The molecule has 11 nitrogen and oxygen atoms in total. The molecule has 0 aliphatic rings. The number of aromatic nitrogens is 1. The van der Waals surface area contributed by atoms with Crippen molar-refractivity contribution in [1.82, 2.24) is 9.88 Å². The van der Waals surface area contributed by atoms with E-state index in [-0.39, 0.29) is 23.0 Å². The second-order valence-electron chi connectivity index (χ2n) is 6.42. The fourth-order valence-corrected chi connectivity index (χ4v) is 2.70. The van der Waals surface area contributed by atoms with Gasteiger partial charge in [0, 0.05) is 17.8 Å². The molecule has 164 valence electrons. The fourth-order valence-electron chi connectivity index (χ4n) is 2.70. The lowest BCUT2D eigenvalue weighted by Crippen LogP contribution is -2.40. The van der Waals surface area contributed by atoms with Gasteiger partial charge in [-0.3, -0.25) is 29.5 Å². The van der Waals surface area contributed by atoms with Crippen LogP contribution in [0.4, 0.5) is 11.4 Å². The Morgan fingerprint density at radius 3 is 2.29 bits per heavy atom. The van der Waals surface area contributed by atoms with Crippen molar-refractivity contribution in [3.63, 3.8) is 0 Å². The molecular formula is C20H22N4O7. The Morgan fingerprint density at radius 1 is 1.13 bits per heavy atom. The Bertz CT molecular complexity index is 947. The summed E-state index contributed by atoms with van der Waals surface area (Å²) < 4.78 is 9.08. The number of anilines is 1. The Kier molecular flexibility index (Phi) is 8.01. The van der Waals surface area contributed by atoms with Crippen molar-refractivity contribution < 1.29 is 28.8 Å². The summed E-state index contributed by atoms with van der Waals surface area (Å²) in [5, 5.41) is 14.6. The first kappa shape index (κ1) is 23.3. The topological polar surface area (TPSA) is 141 Å². The zero-order chi connectivity index (χ0) is 23.0. The predicted molar refractivity (Wildman–Crippen MR) is 109 cm³/mol. The van der Waals surface area contributed by atoms with E-state index in [0.717, 1.165) is 25.2 Å². The lowest BCUT2D eigenvalue weighted by Gasteiger charge is -2.20. The zero-order valence-corrected chi connectivity index (χ0v) is 17.2. The van der Waals surface area contributed by atoms with Crippen LogP contribution in [0, 0.1) is 10.1 Å². The number of esters is 2. The largest absolute Gasteiger partial charge is 0.468 e. The van der Waals surface area contributed by atoms with Gasteiger partial charge in [0.1, 0.15) is 18.8 Å². The van der Waals surface area contributed by atoms with E-state index in [4.69, 9.17) is 0 Å². The number of benzene rings is 1. The molecule has 0 saturated heterocycles. The minimum atomic E-state index is -0.761. The second-order valence-corrected chi connectivity index (χ2v) is 6.42. The Labute approximate surface area is 178 Å². The van der Waals surface area contributed by atoms with Crippen molar-refractivity contribution in [3.8, 4) is 0 Å². The highest BCUT2D eigenvalue weighted by Crippen LogP contribution is 2.29. The number of rotatable bonds is 9. The molecule has 1 atom stereocenters. The second kappa shape index (κ2) is 10.7. The first-order valence-corrected chi connectivity index (χ1v) is 9.15. The van der Waals surface area contributed by atoms with Gasteiger partial charge in [-0.25, -0.2) is 0 Å². The first-order valence-electron chi connectivity index (χ1n) is 9.15.